The van der Waals surface area contributed by atoms with Gasteiger partial charge in [0.2, 0.25) is 0 Å². The summed E-state index contributed by atoms with van der Waals surface area (Å²) >= 11 is 0. The van der Waals surface area contributed by atoms with E-state index in [-0.39, 0.29) is 12.4 Å². The van der Waals surface area contributed by atoms with Crippen molar-refractivity contribution in [2.24, 2.45) is 23.7 Å². The predicted octanol–water partition coefficient (Wildman–Crippen LogP) is 5.41. The molecule has 2 aliphatic rings. The van der Waals surface area contributed by atoms with Crippen LogP contribution in [0, 0.1) is 29.5 Å². The molecule has 27 heavy (non-hydrogen) atoms. The summed E-state index contributed by atoms with van der Waals surface area (Å²) in [5, 5.41) is 0.905. The Balaban J connectivity index is 1.39. The number of halogens is 2. The number of ether oxygens (including phenoxy) is 1. The van der Waals surface area contributed by atoms with Gasteiger partial charge in [-0.15, -0.1) is 0 Å². The van der Waals surface area contributed by atoms with Gasteiger partial charge in [-0.25, -0.2) is 8.78 Å². The van der Waals surface area contributed by atoms with Crippen molar-refractivity contribution < 1.29 is 13.5 Å². The first-order valence-corrected chi connectivity index (χ1v) is 12.9. The maximum absolute atomic E-state index is 14.3. The van der Waals surface area contributed by atoms with Crippen molar-refractivity contribution in [3.63, 3.8) is 0 Å². The van der Waals surface area contributed by atoms with Gasteiger partial charge in [0.05, 0.1) is 9.52 Å². The van der Waals surface area contributed by atoms with Crippen LogP contribution in [0.5, 0.6) is 5.75 Å². The van der Waals surface area contributed by atoms with Crippen LogP contribution in [0.1, 0.15) is 64.7 Å². The Kier molecular flexibility index (Phi) is 8.17. The van der Waals surface area contributed by atoms with Crippen molar-refractivity contribution in [2.75, 3.05) is 13.3 Å². The fourth-order valence-electron chi connectivity index (χ4n) is 5.35. The largest absolute Gasteiger partial charge is 0.491 e. The lowest BCUT2D eigenvalue weighted by molar-refractivity contribution is 0.149. The number of benzene rings is 1. The number of rotatable bonds is 8. The summed E-state index contributed by atoms with van der Waals surface area (Å²) in [6.07, 6.45) is 12.7. The van der Waals surface area contributed by atoms with Gasteiger partial charge in [-0.3, -0.25) is 0 Å². The van der Waals surface area contributed by atoms with Crippen molar-refractivity contribution in [2.45, 2.75) is 70.8 Å². The normalized spacial score (nSPS) is 29.3. The zero-order valence-electron chi connectivity index (χ0n) is 16.9. The van der Waals surface area contributed by atoms with Gasteiger partial charge in [-0.1, -0.05) is 51.1 Å². The monoisotopic (exact) mass is 394 g/mol. The fourth-order valence-corrected chi connectivity index (χ4v) is 7.27. The highest BCUT2D eigenvalue weighted by atomic mass is 28.2. The first-order chi connectivity index (χ1) is 13.2. The van der Waals surface area contributed by atoms with Crippen molar-refractivity contribution >= 4 is 14.7 Å². The molecule has 152 valence electrons. The van der Waals surface area contributed by atoms with E-state index in [0.717, 1.165) is 28.9 Å². The molecule has 0 atom stereocenters. The van der Waals surface area contributed by atoms with Gasteiger partial charge < -0.3 is 4.74 Å². The number of alkyl halides is 1. The maximum atomic E-state index is 14.3. The van der Waals surface area contributed by atoms with Crippen LogP contribution in [-0.2, 0) is 0 Å². The lowest BCUT2D eigenvalue weighted by Gasteiger charge is -2.37. The Bertz CT molecular complexity index is 563. The lowest BCUT2D eigenvalue weighted by atomic mass is 9.69. The van der Waals surface area contributed by atoms with E-state index in [2.05, 4.69) is 6.92 Å². The van der Waals surface area contributed by atoms with E-state index in [9.17, 15) is 8.78 Å². The van der Waals surface area contributed by atoms with Crippen LogP contribution in [0.2, 0.25) is 6.04 Å². The third-order valence-electron chi connectivity index (χ3n) is 7.22. The Labute approximate surface area is 166 Å². The van der Waals surface area contributed by atoms with Gasteiger partial charge in [0.25, 0.3) is 0 Å². The summed E-state index contributed by atoms with van der Waals surface area (Å²) in [7, 11) is -0.575. The molecule has 2 aliphatic carbocycles. The lowest BCUT2D eigenvalue weighted by Crippen LogP contribution is -2.27. The molecular weight excluding hydrogens is 358 g/mol. The second-order valence-corrected chi connectivity index (χ2v) is 10.6. The Hall–Kier alpha value is -0.903. The van der Waals surface area contributed by atoms with Crippen LogP contribution in [0.25, 0.3) is 0 Å². The third-order valence-corrected chi connectivity index (χ3v) is 9.44. The molecule has 0 radical (unpaired) electrons. The molecule has 0 unspecified atom stereocenters. The molecule has 0 bridgehead atoms. The van der Waals surface area contributed by atoms with Crippen LogP contribution in [0.15, 0.2) is 18.2 Å². The minimum absolute atomic E-state index is 0.000446. The minimum Gasteiger partial charge on any atom is -0.491 e. The fraction of sp³-hybridized carbons (Fsp3) is 0.739. The smallest absolute Gasteiger partial charge is 0.125 e. The Morgan fingerprint density at radius 1 is 0.963 bits per heavy atom. The van der Waals surface area contributed by atoms with Crippen LogP contribution in [0.4, 0.5) is 8.78 Å². The molecule has 0 aliphatic heterocycles. The molecule has 0 spiro atoms. The van der Waals surface area contributed by atoms with Gasteiger partial charge in [0.15, 0.2) is 0 Å². The molecule has 4 heteroatoms. The molecule has 0 N–H and O–H groups in total. The van der Waals surface area contributed by atoms with E-state index in [1.165, 1.54) is 69.9 Å². The second-order valence-electron chi connectivity index (χ2n) is 8.80. The molecule has 2 saturated carbocycles. The van der Waals surface area contributed by atoms with E-state index in [0.29, 0.717) is 5.75 Å². The molecule has 2 fully saturated rings. The van der Waals surface area contributed by atoms with E-state index in [1.807, 2.05) is 6.07 Å². The van der Waals surface area contributed by atoms with Gasteiger partial charge >= 0.3 is 0 Å². The molecule has 3 rings (SSSR count). The van der Waals surface area contributed by atoms with Crippen molar-refractivity contribution in [1.82, 2.24) is 0 Å². The van der Waals surface area contributed by atoms with E-state index < -0.39 is 16.2 Å². The highest BCUT2D eigenvalue weighted by molar-refractivity contribution is 6.53. The second kappa shape index (κ2) is 10.6. The third kappa shape index (κ3) is 6.04. The van der Waals surface area contributed by atoms with Gasteiger partial charge in [-0.2, -0.15) is 0 Å². The van der Waals surface area contributed by atoms with Crippen molar-refractivity contribution in [3.8, 4) is 5.75 Å². The van der Waals surface area contributed by atoms with Crippen LogP contribution in [0.3, 0.4) is 0 Å². The molecule has 1 aromatic carbocycles. The summed E-state index contributed by atoms with van der Waals surface area (Å²) in [4.78, 5) is 0. The highest BCUT2D eigenvalue weighted by Gasteiger charge is 2.30. The zero-order chi connectivity index (χ0) is 19.1. The Morgan fingerprint density at radius 2 is 1.59 bits per heavy atom. The van der Waals surface area contributed by atoms with E-state index >= 15 is 0 Å². The average molecular weight is 395 g/mol. The molecule has 0 amide bonds. The van der Waals surface area contributed by atoms with Gasteiger partial charge in [0.1, 0.15) is 24.8 Å². The average Bonchev–Trinajstić information content (AvgIpc) is 2.72. The zero-order valence-corrected chi connectivity index (χ0v) is 18.3. The van der Waals surface area contributed by atoms with Crippen LogP contribution in [-0.4, -0.2) is 22.8 Å². The summed E-state index contributed by atoms with van der Waals surface area (Å²) in [5.41, 5.74) is 0. The quantitative estimate of drug-likeness (QED) is 0.536. The summed E-state index contributed by atoms with van der Waals surface area (Å²) in [6, 6.07) is 6.32. The molecule has 1 nitrogen and oxygen atoms in total. The van der Waals surface area contributed by atoms with E-state index in [4.69, 9.17) is 4.74 Å². The summed E-state index contributed by atoms with van der Waals surface area (Å²) in [5.74, 6) is 4.04. The molecule has 0 heterocycles. The Morgan fingerprint density at radius 3 is 2.15 bits per heavy atom. The SMILES string of the molecule is CCC1CCC(C2CCC(C[SiH2]c3ccc(OCCF)cc3F)CC2)CC1. The molecule has 0 saturated heterocycles. The molecular formula is C23H36F2OSi. The minimum atomic E-state index is -0.575. The van der Waals surface area contributed by atoms with Crippen LogP contribution >= 0.6 is 0 Å². The summed E-state index contributed by atoms with van der Waals surface area (Å²) < 4.78 is 31.6. The maximum Gasteiger partial charge on any atom is 0.125 e. The predicted molar refractivity (Wildman–Crippen MR) is 112 cm³/mol. The van der Waals surface area contributed by atoms with Crippen molar-refractivity contribution in [1.29, 1.82) is 0 Å². The van der Waals surface area contributed by atoms with Gasteiger partial charge in [-0.05, 0) is 60.6 Å². The highest BCUT2D eigenvalue weighted by Crippen LogP contribution is 2.42. The summed E-state index contributed by atoms with van der Waals surface area (Å²) in [6.45, 7) is 1.80. The van der Waals surface area contributed by atoms with Crippen molar-refractivity contribution in [3.05, 3.63) is 24.0 Å². The van der Waals surface area contributed by atoms with Gasteiger partial charge in [0, 0.05) is 6.07 Å². The topological polar surface area (TPSA) is 9.23 Å². The number of hydrogen-bond donors (Lipinski definition) is 0. The molecule has 1 aromatic rings. The van der Waals surface area contributed by atoms with Crippen LogP contribution < -0.4 is 9.92 Å². The first-order valence-electron chi connectivity index (χ1n) is 11.2. The molecule has 0 aromatic heterocycles. The standard InChI is InChI=1S/C23H36F2OSi/c1-2-17-3-7-19(8-4-17)20-9-5-18(6-10-20)16-27-23-12-11-21(15-22(23)25)26-14-13-24/h11-12,15,17-20H,2-10,13-14,16,27H2,1H3. The van der Waals surface area contributed by atoms with E-state index in [1.54, 1.807) is 6.07 Å². The number of hydrogen-bond acceptors (Lipinski definition) is 1. The first kappa shape index (κ1) is 20.8.